The average molecular weight is 359 g/mol. The molecule has 5 heteroatoms. The minimum Gasteiger partial charge on any atom is -0.389 e. The summed E-state index contributed by atoms with van der Waals surface area (Å²) in [5, 5.41) is 0.520. The molecule has 2 aromatic carbocycles. The fourth-order valence-electron chi connectivity index (χ4n) is 2.37. The van der Waals surface area contributed by atoms with E-state index in [2.05, 4.69) is 20.9 Å². The summed E-state index contributed by atoms with van der Waals surface area (Å²) in [7, 11) is 1.86. The molecular weight excluding hydrogens is 344 g/mol. The number of benzene rings is 2. The Morgan fingerprint density at radius 2 is 1.91 bits per heavy atom. The van der Waals surface area contributed by atoms with E-state index in [1.54, 1.807) is 0 Å². The first-order valence-corrected chi connectivity index (χ1v) is 7.70. The van der Waals surface area contributed by atoms with Gasteiger partial charge in [-0.25, -0.2) is 4.79 Å². The molecule has 112 valence electrons. The van der Waals surface area contributed by atoms with E-state index >= 15 is 0 Å². The molecule has 0 N–H and O–H groups in total. The van der Waals surface area contributed by atoms with Gasteiger partial charge < -0.3 is 9.32 Å². The van der Waals surface area contributed by atoms with Crippen molar-refractivity contribution in [2.45, 2.75) is 13.5 Å². The van der Waals surface area contributed by atoms with Gasteiger partial charge in [-0.15, -0.1) is 0 Å². The number of fused-ring (bicyclic) bond motifs is 1. The first-order valence-electron chi connectivity index (χ1n) is 6.91. The van der Waals surface area contributed by atoms with Gasteiger partial charge in [-0.3, -0.25) is 0 Å². The highest BCUT2D eigenvalue weighted by Gasteiger charge is 2.13. The zero-order valence-electron chi connectivity index (χ0n) is 12.3. The fourth-order valence-corrected chi connectivity index (χ4v) is 2.70. The van der Waals surface area contributed by atoms with E-state index in [0.717, 1.165) is 15.6 Å². The number of hydrogen-bond donors (Lipinski definition) is 0. The van der Waals surface area contributed by atoms with Gasteiger partial charge in [0.15, 0.2) is 0 Å². The van der Waals surface area contributed by atoms with E-state index in [4.69, 9.17) is 4.42 Å². The Bertz CT molecular complexity index is 875. The summed E-state index contributed by atoms with van der Waals surface area (Å²) in [5.41, 5.74) is 2.25. The summed E-state index contributed by atoms with van der Waals surface area (Å²) in [4.78, 5) is 18.6. The Labute approximate surface area is 136 Å². The second kappa shape index (κ2) is 5.93. The van der Waals surface area contributed by atoms with E-state index < -0.39 is 0 Å². The van der Waals surface area contributed by atoms with Gasteiger partial charge in [0.2, 0.25) is 0 Å². The third-order valence-corrected chi connectivity index (χ3v) is 4.43. The Hall–Kier alpha value is -2.14. The van der Waals surface area contributed by atoms with Gasteiger partial charge in [-0.05, 0) is 30.2 Å². The number of aromatic nitrogens is 1. The average Bonchev–Trinajstić information content (AvgIpc) is 2.51. The van der Waals surface area contributed by atoms with E-state index in [-0.39, 0.29) is 5.63 Å². The predicted molar refractivity (Wildman–Crippen MR) is 91.3 cm³/mol. The Morgan fingerprint density at radius 1 is 1.18 bits per heavy atom. The van der Waals surface area contributed by atoms with E-state index in [1.807, 2.05) is 61.3 Å². The molecule has 0 aliphatic carbocycles. The quantitative estimate of drug-likeness (QED) is 0.712. The molecule has 0 atom stereocenters. The maximum atomic E-state index is 12.3. The maximum Gasteiger partial charge on any atom is 0.348 e. The molecule has 1 heterocycles. The predicted octanol–water partition coefficient (Wildman–Crippen LogP) is 3.90. The largest absolute Gasteiger partial charge is 0.389 e. The van der Waals surface area contributed by atoms with Gasteiger partial charge in [0.25, 0.3) is 0 Å². The summed E-state index contributed by atoms with van der Waals surface area (Å²) >= 11 is 3.42. The number of anilines is 1. The van der Waals surface area contributed by atoms with E-state index in [9.17, 15) is 4.79 Å². The van der Waals surface area contributed by atoms with Crippen LogP contribution in [0.2, 0.25) is 0 Å². The van der Waals surface area contributed by atoms with Crippen LogP contribution in [0.25, 0.3) is 10.9 Å². The molecule has 0 aliphatic rings. The highest BCUT2D eigenvalue weighted by atomic mass is 79.9. The summed E-state index contributed by atoms with van der Waals surface area (Å²) in [6.07, 6.45) is 0. The zero-order valence-corrected chi connectivity index (χ0v) is 13.9. The third kappa shape index (κ3) is 2.76. The van der Waals surface area contributed by atoms with Crippen LogP contribution < -0.4 is 10.5 Å². The van der Waals surface area contributed by atoms with Crippen LogP contribution in [-0.2, 0) is 6.54 Å². The summed E-state index contributed by atoms with van der Waals surface area (Å²) < 4.78 is 6.27. The maximum absolute atomic E-state index is 12.3. The number of hydrogen-bond acceptors (Lipinski definition) is 4. The number of rotatable bonds is 3. The fraction of sp³-hybridized carbons (Fsp3) is 0.176. The minimum absolute atomic E-state index is 0.322. The van der Waals surface area contributed by atoms with Crippen LogP contribution >= 0.6 is 15.9 Å². The molecule has 0 unspecified atom stereocenters. The highest BCUT2D eigenvalue weighted by molar-refractivity contribution is 9.10. The molecule has 3 aromatic rings. The number of nitrogens with zero attached hydrogens (tertiary/aromatic N) is 2. The SMILES string of the molecule is Cc1c(Br)ccc2nc(N(C)Cc3ccccc3)oc(=O)c12. The first-order chi connectivity index (χ1) is 10.6. The van der Waals surface area contributed by atoms with Crippen LogP contribution in [0, 0.1) is 6.92 Å². The van der Waals surface area contributed by atoms with Gasteiger partial charge in [0.1, 0.15) is 0 Å². The van der Waals surface area contributed by atoms with Gasteiger partial charge in [0.05, 0.1) is 10.9 Å². The van der Waals surface area contributed by atoms with Crippen molar-refractivity contribution in [2.75, 3.05) is 11.9 Å². The van der Waals surface area contributed by atoms with Crippen LogP contribution in [0.1, 0.15) is 11.1 Å². The standard InChI is InChI=1S/C17H15BrN2O2/c1-11-13(18)8-9-14-15(11)16(21)22-17(19-14)20(2)10-12-6-4-3-5-7-12/h3-9H,10H2,1-2H3. The lowest BCUT2D eigenvalue weighted by atomic mass is 10.1. The molecule has 0 bridgehead atoms. The van der Waals surface area contributed by atoms with Crippen LogP contribution in [0.15, 0.2) is 56.1 Å². The molecule has 22 heavy (non-hydrogen) atoms. The molecule has 1 aromatic heterocycles. The zero-order chi connectivity index (χ0) is 15.7. The third-order valence-electron chi connectivity index (χ3n) is 3.57. The van der Waals surface area contributed by atoms with Crippen molar-refractivity contribution in [2.24, 2.45) is 0 Å². The van der Waals surface area contributed by atoms with Gasteiger partial charge in [-0.1, -0.05) is 46.3 Å². The van der Waals surface area contributed by atoms with Crippen molar-refractivity contribution in [3.05, 3.63) is 68.5 Å². The van der Waals surface area contributed by atoms with Crippen LogP contribution in [-0.4, -0.2) is 12.0 Å². The molecule has 0 saturated carbocycles. The topological polar surface area (TPSA) is 46.3 Å². The smallest absolute Gasteiger partial charge is 0.348 e. The second-order valence-corrected chi connectivity index (χ2v) is 6.05. The van der Waals surface area contributed by atoms with E-state index in [0.29, 0.717) is 23.5 Å². The van der Waals surface area contributed by atoms with Crippen LogP contribution in [0.4, 0.5) is 6.01 Å². The Kier molecular flexibility index (Phi) is 3.98. The van der Waals surface area contributed by atoms with Crippen molar-refractivity contribution in [1.82, 2.24) is 4.98 Å². The van der Waals surface area contributed by atoms with Crippen molar-refractivity contribution >= 4 is 32.8 Å². The molecule has 3 rings (SSSR count). The Morgan fingerprint density at radius 3 is 2.64 bits per heavy atom. The van der Waals surface area contributed by atoms with Gasteiger partial charge >= 0.3 is 11.6 Å². The summed E-state index contributed by atoms with van der Waals surface area (Å²) in [6.45, 7) is 2.50. The molecule has 0 fully saturated rings. The highest BCUT2D eigenvalue weighted by Crippen LogP contribution is 2.24. The number of halogens is 1. The van der Waals surface area contributed by atoms with E-state index in [1.165, 1.54) is 0 Å². The lowest BCUT2D eigenvalue weighted by molar-refractivity contribution is 0.494. The molecule has 0 saturated heterocycles. The van der Waals surface area contributed by atoms with Crippen LogP contribution in [0.3, 0.4) is 0 Å². The first kappa shape index (κ1) is 14.8. The monoisotopic (exact) mass is 358 g/mol. The van der Waals surface area contributed by atoms with Crippen molar-refractivity contribution < 1.29 is 4.42 Å². The van der Waals surface area contributed by atoms with Crippen LogP contribution in [0.5, 0.6) is 0 Å². The minimum atomic E-state index is -0.362. The molecular formula is C17H15BrN2O2. The lowest BCUT2D eigenvalue weighted by Crippen LogP contribution is -2.20. The Balaban J connectivity index is 2.02. The summed E-state index contributed by atoms with van der Waals surface area (Å²) in [6, 6.07) is 14.0. The molecule has 4 nitrogen and oxygen atoms in total. The molecule has 0 spiro atoms. The van der Waals surface area contributed by atoms with Crippen molar-refractivity contribution in [3.63, 3.8) is 0 Å². The van der Waals surface area contributed by atoms with Crippen molar-refractivity contribution in [3.8, 4) is 0 Å². The second-order valence-electron chi connectivity index (χ2n) is 5.19. The molecule has 0 radical (unpaired) electrons. The normalized spacial score (nSPS) is 10.9. The summed E-state index contributed by atoms with van der Waals surface area (Å²) in [5.74, 6) is 0. The van der Waals surface area contributed by atoms with Crippen molar-refractivity contribution in [1.29, 1.82) is 0 Å². The van der Waals surface area contributed by atoms with Gasteiger partial charge in [-0.2, -0.15) is 4.98 Å². The lowest BCUT2D eigenvalue weighted by Gasteiger charge is -2.16. The number of aryl methyl sites for hydroxylation is 1. The molecule has 0 aliphatic heterocycles. The molecule has 0 amide bonds. The van der Waals surface area contributed by atoms with Gasteiger partial charge in [0, 0.05) is 18.1 Å².